The maximum Gasteiger partial charge on any atom is 0.274 e. The third kappa shape index (κ3) is 4.37. The van der Waals surface area contributed by atoms with E-state index < -0.39 is 0 Å². The number of halogens is 2. The summed E-state index contributed by atoms with van der Waals surface area (Å²) in [6.45, 7) is 2.35. The van der Waals surface area contributed by atoms with Crippen LogP contribution in [0.25, 0.3) is 0 Å². The van der Waals surface area contributed by atoms with E-state index in [2.05, 4.69) is 15.6 Å². The summed E-state index contributed by atoms with van der Waals surface area (Å²) in [5, 5.41) is 6.60. The second kappa shape index (κ2) is 7.97. The highest BCUT2D eigenvalue weighted by Gasteiger charge is 2.11. The summed E-state index contributed by atoms with van der Waals surface area (Å²) in [5.41, 5.74) is 3.41. The number of hydrogen-bond donors (Lipinski definition) is 2. The third-order valence-electron chi connectivity index (χ3n) is 3.92. The first-order valence-corrected chi connectivity index (χ1v) is 8.41. The summed E-state index contributed by atoms with van der Waals surface area (Å²) in [6, 6.07) is 15.0. The average Bonchev–Trinajstić information content (AvgIpc) is 2.65. The summed E-state index contributed by atoms with van der Waals surface area (Å²) in [5.74, 6) is -0.589. The van der Waals surface area contributed by atoms with Crippen molar-refractivity contribution in [1.82, 2.24) is 4.98 Å². The first-order valence-electron chi connectivity index (χ1n) is 8.04. The summed E-state index contributed by atoms with van der Waals surface area (Å²) in [4.78, 5) is 16.6. The van der Waals surface area contributed by atoms with E-state index in [1.54, 1.807) is 48.7 Å². The predicted molar refractivity (Wildman–Crippen MR) is 102 cm³/mol. The van der Waals surface area contributed by atoms with Gasteiger partial charge < -0.3 is 10.6 Å². The second-order valence-electron chi connectivity index (χ2n) is 5.78. The molecule has 3 aromatic rings. The lowest BCUT2D eigenvalue weighted by Gasteiger charge is -2.11. The summed E-state index contributed by atoms with van der Waals surface area (Å²) in [6.07, 6.45) is 1.56. The molecule has 1 heterocycles. The van der Waals surface area contributed by atoms with E-state index in [4.69, 9.17) is 11.6 Å². The third-order valence-corrected chi connectivity index (χ3v) is 4.33. The van der Waals surface area contributed by atoms with Gasteiger partial charge in [0, 0.05) is 29.1 Å². The van der Waals surface area contributed by atoms with Crippen LogP contribution in [0, 0.1) is 12.7 Å². The van der Waals surface area contributed by atoms with Gasteiger partial charge in [-0.3, -0.25) is 9.78 Å². The highest BCUT2D eigenvalue weighted by Crippen LogP contribution is 2.23. The van der Waals surface area contributed by atoms with Crippen molar-refractivity contribution in [3.63, 3.8) is 0 Å². The maximum absolute atomic E-state index is 12.9. The van der Waals surface area contributed by atoms with E-state index in [0.717, 1.165) is 16.8 Å². The lowest BCUT2D eigenvalue weighted by Crippen LogP contribution is -2.15. The predicted octanol–water partition coefficient (Wildman–Crippen LogP) is 5.05. The van der Waals surface area contributed by atoms with Crippen molar-refractivity contribution in [2.75, 3.05) is 10.6 Å². The Morgan fingerprint density at radius 2 is 1.92 bits per heavy atom. The first kappa shape index (κ1) is 17.9. The van der Waals surface area contributed by atoms with Crippen LogP contribution in [0.1, 0.15) is 21.6 Å². The van der Waals surface area contributed by atoms with Crippen molar-refractivity contribution in [2.45, 2.75) is 13.5 Å². The van der Waals surface area contributed by atoms with Gasteiger partial charge in [0.2, 0.25) is 0 Å². The summed E-state index contributed by atoms with van der Waals surface area (Å²) >= 11 is 6.08. The molecule has 4 nitrogen and oxygen atoms in total. The van der Waals surface area contributed by atoms with Crippen LogP contribution in [0.2, 0.25) is 5.02 Å². The molecule has 0 saturated carbocycles. The topological polar surface area (TPSA) is 54.0 Å². The number of nitrogens with zero attached hydrogens (tertiary/aromatic N) is 1. The van der Waals surface area contributed by atoms with Crippen LogP contribution in [0.15, 0.2) is 60.8 Å². The Morgan fingerprint density at radius 3 is 2.69 bits per heavy atom. The standard InChI is InChI=1S/C20H17ClFN3O/c1-13-17(21)3-2-4-18(13)25-20(26)19-11-16(9-10-23-19)24-12-14-5-7-15(22)8-6-14/h2-11H,12H2,1H3,(H,23,24)(H,25,26). The van der Waals surface area contributed by atoms with Gasteiger partial charge in [0.15, 0.2) is 0 Å². The van der Waals surface area contributed by atoms with Gasteiger partial charge in [-0.1, -0.05) is 29.8 Å². The molecule has 0 saturated heterocycles. The minimum atomic E-state index is -0.319. The van der Waals surface area contributed by atoms with Gasteiger partial charge in [0.05, 0.1) is 0 Å². The number of nitrogens with one attached hydrogen (secondary N) is 2. The van der Waals surface area contributed by atoms with Crippen LogP contribution in [0.3, 0.4) is 0 Å². The highest BCUT2D eigenvalue weighted by molar-refractivity contribution is 6.31. The molecule has 2 N–H and O–H groups in total. The molecular weight excluding hydrogens is 353 g/mol. The largest absolute Gasteiger partial charge is 0.381 e. The minimum absolute atomic E-state index is 0.270. The normalized spacial score (nSPS) is 10.4. The SMILES string of the molecule is Cc1c(Cl)cccc1NC(=O)c1cc(NCc2ccc(F)cc2)ccn1. The Kier molecular flexibility index (Phi) is 5.49. The Hall–Kier alpha value is -2.92. The number of benzene rings is 2. The van der Waals surface area contributed by atoms with E-state index in [1.807, 2.05) is 6.92 Å². The molecule has 132 valence electrons. The van der Waals surface area contributed by atoms with E-state index in [0.29, 0.717) is 17.3 Å². The van der Waals surface area contributed by atoms with E-state index >= 15 is 0 Å². The number of carbonyl (C=O) groups is 1. The zero-order chi connectivity index (χ0) is 18.5. The minimum Gasteiger partial charge on any atom is -0.381 e. The molecule has 0 bridgehead atoms. The number of carbonyl (C=O) groups excluding carboxylic acids is 1. The fraction of sp³-hybridized carbons (Fsp3) is 0.100. The molecule has 6 heteroatoms. The Balaban J connectivity index is 1.69. The molecule has 0 aliphatic rings. The second-order valence-corrected chi connectivity index (χ2v) is 6.18. The van der Waals surface area contributed by atoms with Crippen LogP contribution < -0.4 is 10.6 Å². The molecular formula is C20H17ClFN3O. The molecule has 0 fully saturated rings. The van der Waals surface area contributed by atoms with Crippen molar-refractivity contribution in [1.29, 1.82) is 0 Å². The van der Waals surface area contributed by atoms with Gasteiger partial charge in [0.25, 0.3) is 5.91 Å². The first-order chi connectivity index (χ1) is 12.5. The number of hydrogen-bond acceptors (Lipinski definition) is 3. The maximum atomic E-state index is 12.9. The Labute approximate surface area is 156 Å². The van der Waals surface area contributed by atoms with Gasteiger partial charge in [-0.15, -0.1) is 0 Å². The smallest absolute Gasteiger partial charge is 0.274 e. The van der Waals surface area contributed by atoms with Crippen LogP contribution in [0.4, 0.5) is 15.8 Å². The molecule has 1 aromatic heterocycles. The van der Waals surface area contributed by atoms with Gasteiger partial charge in [-0.25, -0.2) is 4.39 Å². The number of amides is 1. The molecule has 0 aliphatic carbocycles. The van der Waals surface area contributed by atoms with E-state index in [1.165, 1.54) is 12.1 Å². The van der Waals surface area contributed by atoms with Gasteiger partial charge >= 0.3 is 0 Å². The summed E-state index contributed by atoms with van der Waals surface area (Å²) < 4.78 is 12.9. The van der Waals surface area contributed by atoms with Gasteiger partial charge in [0.1, 0.15) is 11.5 Å². The number of pyridine rings is 1. The zero-order valence-corrected chi connectivity index (χ0v) is 14.8. The van der Waals surface area contributed by atoms with E-state index in [-0.39, 0.29) is 17.4 Å². The van der Waals surface area contributed by atoms with Crippen molar-refractivity contribution in [3.8, 4) is 0 Å². The van der Waals surface area contributed by atoms with Crippen molar-refractivity contribution in [3.05, 3.63) is 88.5 Å². The van der Waals surface area contributed by atoms with Crippen LogP contribution >= 0.6 is 11.6 Å². The Morgan fingerprint density at radius 1 is 1.15 bits per heavy atom. The van der Waals surface area contributed by atoms with Crippen LogP contribution in [-0.2, 0) is 6.54 Å². The zero-order valence-electron chi connectivity index (χ0n) is 14.1. The number of rotatable bonds is 5. The Bertz CT molecular complexity index is 929. The van der Waals surface area contributed by atoms with Crippen molar-refractivity contribution >= 4 is 28.9 Å². The molecule has 3 rings (SSSR count). The molecule has 0 radical (unpaired) electrons. The summed E-state index contributed by atoms with van der Waals surface area (Å²) in [7, 11) is 0. The number of aromatic nitrogens is 1. The van der Waals surface area contributed by atoms with Crippen LogP contribution in [-0.4, -0.2) is 10.9 Å². The number of anilines is 2. The molecule has 2 aromatic carbocycles. The van der Waals surface area contributed by atoms with Crippen molar-refractivity contribution < 1.29 is 9.18 Å². The van der Waals surface area contributed by atoms with Gasteiger partial charge in [-0.05, 0) is 54.4 Å². The van der Waals surface area contributed by atoms with Crippen molar-refractivity contribution in [2.24, 2.45) is 0 Å². The van der Waals surface area contributed by atoms with Gasteiger partial charge in [-0.2, -0.15) is 0 Å². The molecule has 1 amide bonds. The lowest BCUT2D eigenvalue weighted by atomic mass is 10.2. The lowest BCUT2D eigenvalue weighted by molar-refractivity contribution is 0.102. The molecule has 26 heavy (non-hydrogen) atoms. The van der Waals surface area contributed by atoms with E-state index in [9.17, 15) is 9.18 Å². The molecule has 0 spiro atoms. The molecule has 0 aliphatic heterocycles. The fourth-order valence-electron chi connectivity index (χ4n) is 2.40. The monoisotopic (exact) mass is 369 g/mol. The average molecular weight is 370 g/mol. The molecule has 0 atom stereocenters. The molecule has 0 unspecified atom stereocenters. The van der Waals surface area contributed by atoms with Crippen LogP contribution in [0.5, 0.6) is 0 Å². The highest BCUT2D eigenvalue weighted by atomic mass is 35.5. The fourth-order valence-corrected chi connectivity index (χ4v) is 2.57. The quantitative estimate of drug-likeness (QED) is 0.662.